The fourth-order valence-electron chi connectivity index (χ4n) is 3.79. The normalized spacial score (nSPS) is 21.2. The SMILES string of the molecule is Cl.O=C(C1CC12CCNCC2)N(Cc1cccs1)Cc1cccs1. The van der Waals surface area contributed by atoms with Crippen molar-refractivity contribution in [2.75, 3.05) is 13.1 Å². The van der Waals surface area contributed by atoms with Crippen LogP contribution >= 0.6 is 35.1 Å². The van der Waals surface area contributed by atoms with E-state index in [4.69, 9.17) is 0 Å². The van der Waals surface area contributed by atoms with Crippen molar-refractivity contribution in [1.29, 1.82) is 0 Å². The van der Waals surface area contributed by atoms with E-state index in [-0.39, 0.29) is 18.3 Å². The van der Waals surface area contributed by atoms with Crippen LogP contribution in [0, 0.1) is 11.3 Å². The highest BCUT2D eigenvalue weighted by atomic mass is 35.5. The number of carbonyl (C=O) groups is 1. The van der Waals surface area contributed by atoms with Crippen molar-refractivity contribution in [2.45, 2.75) is 32.4 Å². The molecule has 0 aromatic carbocycles. The lowest BCUT2D eigenvalue weighted by molar-refractivity contribution is -0.134. The largest absolute Gasteiger partial charge is 0.332 e. The highest BCUT2D eigenvalue weighted by Gasteiger charge is 2.58. The first-order chi connectivity index (χ1) is 11.3. The number of carbonyl (C=O) groups excluding carboxylic acids is 1. The van der Waals surface area contributed by atoms with Crippen LogP contribution < -0.4 is 5.32 Å². The predicted molar refractivity (Wildman–Crippen MR) is 103 cm³/mol. The van der Waals surface area contributed by atoms with Gasteiger partial charge in [0, 0.05) is 15.7 Å². The average molecular weight is 383 g/mol. The number of amides is 1. The molecule has 6 heteroatoms. The Morgan fingerprint density at radius 2 is 1.71 bits per heavy atom. The first kappa shape index (κ1) is 17.9. The predicted octanol–water partition coefficient (Wildman–Crippen LogP) is 4.15. The molecule has 2 fully saturated rings. The zero-order valence-corrected chi connectivity index (χ0v) is 16.0. The van der Waals surface area contributed by atoms with Gasteiger partial charge in [-0.2, -0.15) is 0 Å². The molecule has 1 aliphatic heterocycles. The van der Waals surface area contributed by atoms with Crippen LogP contribution in [-0.2, 0) is 17.9 Å². The molecular formula is C18H23ClN2OS2. The molecule has 4 rings (SSSR count). The molecule has 1 spiro atoms. The van der Waals surface area contributed by atoms with Gasteiger partial charge >= 0.3 is 0 Å². The lowest BCUT2D eigenvalue weighted by atomic mass is 9.91. The fraction of sp³-hybridized carbons (Fsp3) is 0.500. The molecule has 1 unspecified atom stereocenters. The van der Waals surface area contributed by atoms with Crippen molar-refractivity contribution in [3.05, 3.63) is 44.8 Å². The van der Waals surface area contributed by atoms with E-state index in [1.165, 1.54) is 9.75 Å². The van der Waals surface area contributed by atoms with Crippen molar-refractivity contribution >= 4 is 41.0 Å². The number of hydrogen-bond acceptors (Lipinski definition) is 4. The van der Waals surface area contributed by atoms with Gasteiger partial charge in [-0.15, -0.1) is 35.1 Å². The van der Waals surface area contributed by atoms with Gasteiger partial charge in [-0.3, -0.25) is 4.79 Å². The van der Waals surface area contributed by atoms with E-state index in [1.54, 1.807) is 22.7 Å². The highest BCUT2D eigenvalue weighted by Crippen LogP contribution is 2.59. The van der Waals surface area contributed by atoms with Gasteiger partial charge in [-0.1, -0.05) is 12.1 Å². The van der Waals surface area contributed by atoms with E-state index in [9.17, 15) is 4.79 Å². The molecule has 130 valence electrons. The minimum Gasteiger partial charge on any atom is -0.332 e. The molecule has 24 heavy (non-hydrogen) atoms. The maximum absolute atomic E-state index is 13.1. The van der Waals surface area contributed by atoms with Crippen LogP contribution in [0.1, 0.15) is 29.0 Å². The summed E-state index contributed by atoms with van der Waals surface area (Å²) in [4.78, 5) is 17.8. The summed E-state index contributed by atoms with van der Waals surface area (Å²) in [6.45, 7) is 3.64. The molecule has 0 radical (unpaired) electrons. The first-order valence-electron chi connectivity index (χ1n) is 8.31. The van der Waals surface area contributed by atoms with E-state index >= 15 is 0 Å². The Kier molecular flexibility index (Phi) is 5.65. The quantitative estimate of drug-likeness (QED) is 0.842. The third-order valence-electron chi connectivity index (χ3n) is 5.25. The van der Waals surface area contributed by atoms with Gasteiger partial charge in [-0.25, -0.2) is 0 Å². The summed E-state index contributed by atoms with van der Waals surface area (Å²) >= 11 is 3.48. The summed E-state index contributed by atoms with van der Waals surface area (Å²) in [5, 5.41) is 7.60. The number of halogens is 1. The molecule has 1 saturated carbocycles. The van der Waals surface area contributed by atoms with Gasteiger partial charge in [0.1, 0.15) is 0 Å². The second kappa shape index (κ2) is 7.56. The topological polar surface area (TPSA) is 32.3 Å². The van der Waals surface area contributed by atoms with Gasteiger partial charge in [0.2, 0.25) is 5.91 Å². The highest BCUT2D eigenvalue weighted by molar-refractivity contribution is 7.10. The maximum Gasteiger partial charge on any atom is 0.226 e. The van der Waals surface area contributed by atoms with E-state index in [0.29, 0.717) is 11.3 Å². The summed E-state index contributed by atoms with van der Waals surface area (Å²) in [5.41, 5.74) is 0.311. The summed E-state index contributed by atoms with van der Waals surface area (Å²) in [6, 6.07) is 8.40. The summed E-state index contributed by atoms with van der Waals surface area (Å²) in [5.74, 6) is 0.623. The number of nitrogens with zero attached hydrogens (tertiary/aromatic N) is 1. The average Bonchev–Trinajstić information content (AvgIpc) is 2.99. The molecule has 1 amide bonds. The van der Waals surface area contributed by atoms with Crippen LogP contribution in [0.25, 0.3) is 0 Å². The van der Waals surface area contributed by atoms with Gasteiger partial charge in [0.25, 0.3) is 0 Å². The summed E-state index contributed by atoms with van der Waals surface area (Å²) in [6.07, 6.45) is 3.42. The Labute approximate surface area is 157 Å². The fourth-order valence-corrected chi connectivity index (χ4v) is 5.23. The molecule has 1 aliphatic carbocycles. The van der Waals surface area contributed by atoms with E-state index in [1.807, 2.05) is 0 Å². The summed E-state index contributed by atoms with van der Waals surface area (Å²) < 4.78 is 0. The third kappa shape index (κ3) is 3.69. The molecule has 2 aromatic heterocycles. The van der Waals surface area contributed by atoms with Crippen molar-refractivity contribution in [3.8, 4) is 0 Å². The Morgan fingerprint density at radius 3 is 2.21 bits per heavy atom. The Hall–Kier alpha value is -0.880. The number of thiophene rings is 2. The maximum atomic E-state index is 13.1. The Balaban J connectivity index is 0.00000169. The number of hydrogen-bond donors (Lipinski definition) is 1. The first-order valence-corrected chi connectivity index (χ1v) is 10.1. The molecule has 1 saturated heterocycles. The second-order valence-electron chi connectivity index (χ2n) is 6.72. The Morgan fingerprint density at radius 1 is 1.12 bits per heavy atom. The van der Waals surface area contributed by atoms with Gasteiger partial charge in [0.15, 0.2) is 0 Å². The van der Waals surface area contributed by atoms with Gasteiger partial charge in [0.05, 0.1) is 13.1 Å². The van der Waals surface area contributed by atoms with Crippen molar-refractivity contribution < 1.29 is 4.79 Å². The van der Waals surface area contributed by atoms with Gasteiger partial charge < -0.3 is 10.2 Å². The van der Waals surface area contributed by atoms with Crippen LogP contribution in [0.5, 0.6) is 0 Å². The monoisotopic (exact) mass is 382 g/mol. The van der Waals surface area contributed by atoms with Crippen LogP contribution in [0.15, 0.2) is 35.0 Å². The van der Waals surface area contributed by atoms with E-state index in [0.717, 1.165) is 45.4 Å². The van der Waals surface area contributed by atoms with Crippen molar-refractivity contribution in [3.63, 3.8) is 0 Å². The molecule has 2 aliphatic rings. The number of rotatable bonds is 5. The van der Waals surface area contributed by atoms with E-state index in [2.05, 4.69) is 45.2 Å². The number of piperidine rings is 1. The van der Waals surface area contributed by atoms with Crippen LogP contribution in [0.2, 0.25) is 0 Å². The zero-order valence-electron chi connectivity index (χ0n) is 13.6. The second-order valence-corrected chi connectivity index (χ2v) is 8.79. The van der Waals surface area contributed by atoms with Crippen molar-refractivity contribution in [2.24, 2.45) is 11.3 Å². The smallest absolute Gasteiger partial charge is 0.226 e. The third-order valence-corrected chi connectivity index (χ3v) is 6.97. The van der Waals surface area contributed by atoms with Gasteiger partial charge in [-0.05, 0) is 60.7 Å². The summed E-state index contributed by atoms with van der Waals surface area (Å²) in [7, 11) is 0. The molecule has 2 aromatic rings. The standard InChI is InChI=1S/C18H22N2OS2.ClH/c21-17(16-11-18(16)5-7-19-8-6-18)20(12-14-3-1-9-22-14)13-15-4-2-10-23-15;/h1-4,9-10,16,19H,5-8,11-13H2;1H. The lowest BCUT2D eigenvalue weighted by Crippen LogP contribution is -2.35. The lowest BCUT2D eigenvalue weighted by Gasteiger charge is -2.26. The Bertz CT molecular complexity index is 614. The molecule has 3 heterocycles. The van der Waals surface area contributed by atoms with Crippen LogP contribution in [-0.4, -0.2) is 23.9 Å². The molecule has 1 N–H and O–H groups in total. The number of nitrogens with one attached hydrogen (secondary N) is 1. The molecule has 3 nitrogen and oxygen atoms in total. The zero-order chi connectivity index (χ0) is 15.7. The molecule has 1 atom stereocenters. The van der Waals surface area contributed by atoms with E-state index < -0.39 is 0 Å². The minimum atomic E-state index is 0. The van der Waals surface area contributed by atoms with Crippen molar-refractivity contribution in [1.82, 2.24) is 10.2 Å². The van der Waals surface area contributed by atoms with Crippen LogP contribution in [0.3, 0.4) is 0 Å². The van der Waals surface area contributed by atoms with Crippen LogP contribution in [0.4, 0.5) is 0 Å². The molecular weight excluding hydrogens is 360 g/mol. The molecule has 0 bridgehead atoms. The minimum absolute atomic E-state index is 0.